The summed E-state index contributed by atoms with van der Waals surface area (Å²) in [4.78, 5) is 12.4. The van der Waals surface area contributed by atoms with Crippen molar-refractivity contribution in [2.45, 2.75) is 6.92 Å². The zero-order valence-electron chi connectivity index (χ0n) is 14.2. The van der Waals surface area contributed by atoms with E-state index in [0.29, 0.717) is 11.4 Å². The van der Waals surface area contributed by atoms with Gasteiger partial charge in [0.15, 0.2) is 0 Å². The number of nitrogens with one attached hydrogen (secondary N) is 1. The number of rotatable bonds is 4. The number of carbonyl (C=O) groups is 1. The van der Waals surface area contributed by atoms with Gasteiger partial charge < -0.3 is 15.0 Å². The second-order valence-corrected chi connectivity index (χ2v) is 5.81. The molecule has 0 aliphatic heterocycles. The first kappa shape index (κ1) is 17.1. The van der Waals surface area contributed by atoms with Gasteiger partial charge in [0.1, 0.15) is 17.4 Å². The van der Waals surface area contributed by atoms with Crippen molar-refractivity contribution in [2.24, 2.45) is 0 Å². The molecule has 0 unspecified atom stereocenters. The van der Waals surface area contributed by atoms with Gasteiger partial charge in [-0.1, -0.05) is 17.7 Å². The van der Waals surface area contributed by atoms with Crippen LogP contribution in [0, 0.1) is 18.3 Å². The number of nitrogens with zero attached hydrogens (tertiary/aromatic N) is 2. The number of nitriles is 1. The summed E-state index contributed by atoms with van der Waals surface area (Å²) < 4.78 is 1.83. The molecule has 0 spiro atoms. The molecule has 0 saturated carbocycles. The van der Waals surface area contributed by atoms with Crippen molar-refractivity contribution >= 4 is 17.7 Å². The normalized spacial score (nSPS) is 11.0. The second kappa shape index (κ2) is 7.41. The first-order valence-electron chi connectivity index (χ1n) is 8.03. The minimum Gasteiger partial charge on any atom is -0.508 e. The highest BCUT2D eigenvalue weighted by Crippen LogP contribution is 2.19. The summed E-state index contributed by atoms with van der Waals surface area (Å²) in [5, 5.41) is 21.5. The Morgan fingerprint density at radius 2 is 1.81 bits per heavy atom. The molecule has 3 aromatic rings. The minimum atomic E-state index is -0.463. The molecule has 0 bridgehead atoms. The second-order valence-electron chi connectivity index (χ2n) is 5.81. The van der Waals surface area contributed by atoms with Crippen LogP contribution in [-0.4, -0.2) is 15.6 Å². The summed E-state index contributed by atoms with van der Waals surface area (Å²) in [6, 6.07) is 19.6. The molecule has 0 radical (unpaired) electrons. The molecule has 26 heavy (non-hydrogen) atoms. The third kappa shape index (κ3) is 3.82. The van der Waals surface area contributed by atoms with Crippen molar-refractivity contribution in [3.05, 3.63) is 83.7 Å². The number of phenols is 1. The van der Waals surface area contributed by atoms with E-state index in [1.165, 1.54) is 6.08 Å². The van der Waals surface area contributed by atoms with E-state index in [2.05, 4.69) is 5.32 Å². The molecule has 0 aliphatic carbocycles. The van der Waals surface area contributed by atoms with Gasteiger partial charge in [-0.25, -0.2) is 0 Å². The summed E-state index contributed by atoms with van der Waals surface area (Å²) in [5.74, 6) is -0.289. The maximum absolute atomic E-state index is 12.4. The summed E-state index contributed by atoms with van der Waals surface area (Å²) in [6.45, 7) is 1.96. The number of hydrogen-bond donors (Lipinski definition) is 2. The number of aromatic hydroxyl groups is 1. The molecule has 3 rings (SSSR count). The standard InChI is InChI=1S/C21H17N3O2/c1-15-4-6-17(7-5-15)23-21(26)16(14-22)13-19-3-2-12-24(19)18-8-10-20(25)11-9-18/h2-13,25H,1H3,(H,23,26)/b16-13-. The number of benzene rings is 2. The highest BCUT2D eigenvalue weighted by Gasteiger charge is 2.11. The molecule has 2 aromatic carbocycles. The molecule has 128 valence electrons. The Kier molecular flexibility index (Phi) is 4.86. The lowest BCUT2D eigenvalue weighted by Gasteiger charge is -2.08. The van der Waals surface area contributed by atoms with E-state index in [-0.39, 0.29) is 11.3 Å². The molecule has 1 heterocycles. The number of hydrogen-bond acceptors (Lipinski definition) is 3. The summed E-state index contributed by atoms with van der Waals surface area (Å²) in [6.07, 6.45) is 3.36. The van der Waals surface area contributed by atoms with Crippen LogP contribution < -0.4 is 5.32 Å². The Hall–Kier alpha value is -3.78. The van der Waals surface area contributed by atoms with Gasteiger partial charge in [0.25, 0.3) is 5.91 Å². The van der Waals surface area contributed by atoms with Gasteiger partial charge in [0.2, 0.25) is 0 Å². The molecule has 1 aromatic heterocycles. The van der Waals surface area contributed by atoms with E-state index >= 15 is 0 Å². The number of aryl methyl sites for hydroxylation is 1. The Morgan fingerprint density at radius 3 is 2.46 bits per heavy atom. The topological polar surface area (TPSA) is 78.0 Å². The van der Waals surface area contributed by atoms with Crippen LogP contribution in [0.15, 0.2) is 72.4 Å². The van der Waals surface area contributed by atoms with Gasteiger partial charge in [-0.2, -0.15) is 5.26 Å². The number of phenolic OH excluding ortho intramolecular Hbond substituents is 1. The maximum Gasteiger partial charge on any atom is 0.266 e. The quantitative estimate of drug-likeness (QED) is 0.554. The number of aromatic nitrogens is 1. The molecular weight excluding hydrogens is 326 g/mol. The molecule has 0 aliphatic rings. The molecule has 0 saturated heterocycles. The number of carbonyl (C=O) groups excluding carboxylic acids is 1. The van der Waals surface area contributed by atoms with Crippen LogP contribution in [-0.2, 0) is 4.79 Å². The Morgan fingerprint density at radius 1 is 1.12 bits per heavy atom. The van der Waals surface area contributed by atoms with E-state index in [1.54, 1.807) is 36.4 Å². The van der Waals surface area contributed by atoms with Crippen LogP contribution in [0.3, 0.4) is 0 Å². The lowest BCUT2D eigenvalue weighted by atomic mass is 10.2. The maximum atomic E-state index is 12.4. The average molecular weight is 343 g/mol. The third-order valence-electron chi connectivity index (χ3n) is 3.87. The molecule has 5 nitrogen and oxygen atoms in total. The molecule has 0 fully saturated rings. The first-order chi connectivity index (χ1) is 12.6. The van der Waals surface area contributed by atoms with Crippen LogP contribution in [0.2, 0.25) is 0 Å². The first-order valence-corrected chi connectivity index (χ1v) is 8.03. The van der Waals surface area contributed by atoms with E-state index in [9.17, 15) is 15.2 Å². The van der Waals surface area contributed by atoms with E-state index in [4.69, 9.17) is 0 Å². The fourth-order valence-electron chi connectivity index (χ4n) is 2.49. The monoisotopic (exact) mass is 343 g/mol. The largest absolute Gasteiger partial charge is 0.508 e. The van der Waals surface area contributed by atoms with Gasteiger partial charge in [0, 0.05) is 23.3 Å². The predicted molar refractivity (Wildman–Crippen MR) is 101 cm³/mol. The zero-order chi connectivity index (χ0) is 18.5. The summed E-state index contributed by atoms with van der Waals surface area (Å²) in [7, 11) is 0. The van der Waals surface area contributed by atoms with E-state index in [1.807, 2.05) is 48.0 Å². The Balaban J connectivity index is 1.87. The SMILES string of the molecule is Cc1ccc(NC(=O)/C(C#N)=C\c2cccn2-c2ccc(O)cc2)cc1. The number of anilines is 1. The van der Waals surface area contributed by atoms with E-state index < -0.39 is 5.91 Å². The summed E-state index contributed by atoms with van der Waals surface area (Å²) >= 11 is 0. The van der Waals surface area contributed by atoms with Gasteiger partial charge in [0.05, 0.1) is 0 Å². The molecule has 5 heteroatoms. The van der Waals surface area contributed by atoms with Gasteiger partial charge in [-0.3, -0.25) is 4.79 Å². The fraction of sp³-hybridized carbons (Fsp3) is 0.0476. The Labute approximate surface area is 151 Å². The molecule has 1 amide bonds. The van der Waals surface area contributed by atoms with Gasteiger partial charge >= 0.3 is 0 Å². The third-order valence-corrected chi connectivity index (χ3v) is 3.87. The highest BCUT2D eigenvalue weighted by atomic mass is 16.3. The minimum absolute atomic E-state index is 0.00398. The van der Waals surface area contributed by atoms with Crippen molar-refractivity contribution in [1.29, 1.82) is 5.26 Å². The van der Waals surface area contributed by atoms with Gasteiger partial charge in [-0.05, 0) is 61.5 Å². The van der Waals surface area contributed by atoms with Crippen LogP contribution in [0.5, 0.6) is 5.75 Å². The molecular formula is C21H17N3O2. The average Bonchev–Trinajstić information content (AvgIpc) is 3.10. The lowest BCUT2D eigenvalue weighted by molar-refractivity contribution is -0.112. The van der Waals surface area contributed by atoms with Crippen LogP contribution in [0.4, 0.5) is 5.69 Å². The smallest absolute Gasteiger partial charge is 0.266 e. The van der Waals surface area contributed by atoms with Crippen molar-refractivity contribution in [2.75, 3.05) is 5.32 Å². The Bertz CT molecular complexity index is 991. The van der Waals surface area contributed by atoms with E-state index in [0.717, 1.165) is 11.3 Å². The molecule has 2 N–H and O–H groups in total. The zero-order valence-corrected chi connectivity index (χ0v) is 14.2. The van der Waals surface area contributed by atoms with Crippen LogP contribution >= 0.6 is 0 Å². The van der Waals surface area contributed by atoms with Crippen LogP contribution in [0.1, 0.15) is 11.3 Å². The lowest BCUT2D eigenvalue weighted by Crippen LogP contribution is -2.13. The summed E-state index contributed by atoms with van der Waals surface area (Å²) in [5.41, 5.74) is 3.23. The van der Waals surface area contributed by atoms with Crippen LogP contribution in [0.25, 0.3) is 11.8 Å². The predicted octanol–water partition coefficient (Wildman–Crippen LogP) is 4.04. The van der Waals surface area contributed by atoms with Crippen molar-refractivity contribution < 1.29 is 9.90 Å². The number of amides is 1. The highest BCUT2D eigenvalue weighted by molar-refractivity contribution is 6.09. The van der Waals surface area contributed by atoms with Gasteiger partial charge in [-0.15, -0.1) is 0 Å². The van der Waals surface area contributed by atoms with Crippen molar-refractivity contribution in [3.63, 3.8) is 0 Å². The molecule has 0 atom stereocenters. The van der Waals surface area contributed by atoms with Crippen molar-refractivity contribution in [1.82, 2.24) is 4.57 Å². The van der Waals surface area contributed by atoms with Crippen molar-refractivity contribution in [3.8, 4) is 17.5 Å². The fourth-order valence-corrected chi connectivity index (χ4v) is 2.49.